The van der Waals surface area contributed by atoms with E-state index in [4.69, 9.17) is 5.11 Å². The number of carboxylic acids is 2. The molecule has 0 heterocycles. The van der Waals surface area contributed by atoms with Crippen molar-refractivity contribution < 1.29 is 58.9 Å². The minimum absolute atomic E-state index is 0. The summed E-state index contributed by atoms with van der Waals surface area (Å²) in [7, 11) is 1.42. The van der Waals surface area contributed by atoms with Crippen LogP contribution < -0.4 is 34.7 Å². The van der Waals surface area contributed by atoms with Gasteiger partial charge in [-0.05, 0) is 47.0 Å². The largest absolute Gasteiger partial charge is 1.00 e. The van der Waals surface area contributed by atoms with Crippen molar-refractivity contribution in [3.8, 4) is 0 Å². The van der Waals surface area contributed by atoms with E-state index in [-0.39, 0.29) is 40.9 Å². The van der Waals surface area contributed by atoms with Crippen LogP contribution >= 0.6 is 0 Å². The maximum atomic E-state index is 10.8. The molecule has 0 aromatic rings. The van der Waals surface area contributed by atoms with Gasteiger partial charge in [0.25, 0.3) is 0 Å². The zero-order valence-electron chi connectivity index (χ0n) is 18.6. The molecule has 0 aliphatic carbocycles. The summed E-state index contributed by atoms with van der Waals surface area (Å²) in [6.07, 6.45) is 2.12. The molecule has 1 N–H and O–H groups in total. The molecule has 0 saturated heterocycles. The molecule has 0 amide bonds. The molecule has 6 nitrogen and oxygen atoms in total. The van der Waals surface area contributed by atoms with E-state index in [0.29, 0.717) is 12.8 Å². The van der Waals surface area contributed by atoms with E-state index >= 15 is 0 Å². The van der Waals surface area contributed by atoms with E-state index < -0.39 is 22.8 Å². The number of hydrogen-bond donors (Lipinski definition) is 1. The number of carboxylic acid groups (broad SMARTS) is 2. The van der Waals surface area contributed by atoms with Crippen molar-refractivity contribution >= 4 is 17.9 Å². The molecule has 150 valence electrons. The fourth-order valence-electron chi connectivity index (χ4n) is 0.716. The molecule has 0 rings (SSSR count). The number of methoxy groups -OCH3 is 1. The Labute approximate surface area is 181 Å². The van der Waals surface area contributed by atoms with Crippen molar-refractivity contribution in [2.45, 2.75) is 81.6 Å². The number of carbonyl (C=O) groups is 3. The first-order valence-electron chi connectivity index (χ1n) is 8.58. The molecule has 0 aromatic carbocycles. The van der Waals surface area contributed by atoms with Gasteiger partial charge in [0.2, 0.25) is 0 Å². The zero-order valence-corrected chi connectivity index (χ0v) is 20.6. The van der Waals surface area contributed by atoms with Crippen LogP contribution in [0.25, 0.3) is 0 Å². The standard InChI is InChI=1S/C7H14O2.2C6H12O2.Na/c1-5-7(2,3)6(8)9-4;2*1-4-6(2,3)5(7)8;/h5H2,1-4H3;2*4H2,1-3H3,(H,7,8);/q;;;+1/p-1. The normalized spacial score (nSPS) is 10.8. The van der Waals surface area contributed by atoms with Crippen LogP contribution in [0.1, 0.15) is 81.6 Å². The molecule has 0 bridgehead atoms. The second-order valence-corrected chi connectivity index (χ2v) is 7.80. The third kappa shape index (κ3) is 14.6. The Kier molecular flexibility index (Phi) is 18.4. The van der Waals surface area contributed by atoms with E-state index in [9.17, 15) is 19.5 Å². The Morgan fingerprint density at radius 2 is 1.12 bits per heavy atom. The molecule has 0 fully saturated rings. The van der Waals surface area contributed by atoms with E-state index in [2.05, 4.69) is 4.74 Å². The molecule has 0 unspecified atom stereocenters. The molecule has 0 spiro atoms. The first-order chi connectivity index (χ1) is 11.1. The van der Waals surface area contributed by atoms with Crippen LogP contribution in [0.5, 0.6) is 0 Å². The summed E-state index contributed by atoms with van der Waals surface area (Å²) < 4.78 is 4.57. The van der Waals surface area contributed by atoms with Crippen LogP contribution in [-0.4, -0.2) is 30.1 Å². The summed E-state index contributed by atoms with van der Waals surface area (Å²) in [5, 5.41) is 18.6. The third-order valence-corrected chi connectivity index (χ3v) is 4.52. The van der Waals surface area contributed by atoms with Gasteiger partial charge in [0.15, 0.2) is 0 Å². The average molecular weight is 384 g/mol. The van der Waals surface area contributed by atoms with E-state index in [1.807, 2.05) is 34.6 Å². The molecule has 0 aliphatic heterocycles. The van der Waals surface area contributed by atoms with E-state index in [0.717, 1.165) is 6.42 Å². The molecule has 0 atom stereocenters. The summed E-state index contributed by atoms with van der Waals surface area (Å²) in [5.41, 5.74) is -1.51. The van der Waals surface area contributed by atoms with Gasteiger partial charge in [-0.2, -0.15) is 0 Å². The number of aliphatic carboxylic acids is 2. The molecule has 26 heavy (non-hydrogen) atoms. The van der Waals surface area contributed by atoms with Crippen LogP contribution in [0.2, 0.25) is 0 Å². The van der Waals surface area contributed by atoms with E-state index in [1.54, 1.807) is 27.7 Å². The smallest absolute Gasteiger partial charge is 0.550 e. The predicted octanol–water partition coefficient (Wildman–Crippen LogP) is 0.279. The van der Waals surface area contributed by atoms with Gasteiger partial charge in [0.05, 0.1) is 17.9 Å². The first kappa shape index (κ1) is 33.0. The number of hydrogen-bond acceptors (Lipinski definition) is 5. The van der Waals surface area contributed by atoms with Crippen LogP contribution in [-0.2, 0) is 19.1 Å². The Balaban J connectivity index is -0.000000137. The number of carbonyl (C=O) groups excluding carboxylic acids is 2. The SMILES string of the molecule is CCC(C)(C)C(=O)O.CCC(C)(C)C(=O)OC.CCC(C)(C)C(=O)[O-].[Na+]. The van der Waals surface area contributed by atoms with E-state index in [1.165, 1.54) is 7.11 Å². The van der Waals surface area contributed by atoms with Crippen molar-refractivity contribution in [2.24, 2.45) is 16.2 Å². The van der Waals surface area contributed by atoms with Gasteiger partial charge >= 0.3 is 41.5 Å². The Morgan fingerprint density at radius 3 is 1.15 bits per heavy atom. The van der Waals surface area contributed by atoms with Crippen LogP contribution in [0.3, 0.4) is 0 Å². The molecular weight excluding hydrogens is 347 g/mol. The fourth-order valence-corrected chi connectivity index (χ4v) is 0.716. The minimum Gasteiger partial charge on any atom is -0.550 e. The quantitative estimate of drug-likeness (QED) is 0.521. The second kappa shape index (κ2) is 14.5. The maximum absolute atomic E-state index is 10.8. The average Bonchev–Trinajstić information content (AvgIpc) is 2.54. The second-order valence-electron chi connectivity index (χ2n) is 7.80. The predicted molar refractivity (Wildman–Crippen MR) is 96.9 cm³/mol. The number of ether oxygens (including phenoxy) is 1. The Bertz CT molecular complexity index is 402. The van der Waals surface area contributed by atoms with Crippen molar-refractivity contribution in [2.75, 3.05) is 7.11 Å². The molecule has 0 aliphatic rings. The Hall–Kier alpha value is -0.590. The number of esters is 1. The minimum atomic E-state index is -0.972. The van der Waals surface area contributed by atoms with Crippen molar-refractivity contribution in [1.29, 1.82) is 0 Å². The van der Waals surface area contributed by atoms with Crippen molar-refractivity contribution in [3.63, 3.8) is 0 Å². The number of rotatable bonds is 6. The van der Waals surface area contributed by atoms with Gasteiger partial charge in [-0.25, -0.2) is 0 Å². The topological polar surface area (TPSA) is 104 Å². The summed E-state index contributed by atoms with van der Waals surface area (Å²) >= 11 is 0. The van der Waals surface area contributed by atoms with Crippen LogP contribution in [0.15, 0.2) is 0 Å². The summed E-state index contributed by atoms with van der Waals surface area (Å²) in [4.78, 5) is 31.2. The fraction of sp³-hybridized carbons (Fsp3) is 0.842. The van der Waals surface area contributed by atoms with Crippen LogP contribution in [0, 0.1) is 16.2 Å². The summed E-state index contributed by atoms with van der Waals surface area (Å²) in [6.45, 7) is 16.2. The summed E-state index contributed by atoms with van der Waals surface area (Å²) in [6, 6.07) is 0. The Morgan fingerprint density at radius 1 is 0.808 bits per heavy atom. The van der Waals surface area contributed by atoms with Gasteiger partial charge in [0.1, 0.15) is 0 Å². The first-order valence-corrected chi connectivity index (χ1v) is 8.58. The monoisotopic (exact) mass is 384 g/mol. The molecule has 0 radical (unpaired) electrons. The summed E-state index contributed by atoms with van der Waals surface area (Å²) in [5.74, 6) is -1.83. The van der Waals surface area contributed by atoms with Gasteiger partial charge < -0.3 is 19.7 Å². The van der Waals surface area contributed by atoms with Gasteiger partial charge in [-0.1, -0.05) is 34.6 Å². The van der Waals surface area contributed by atoms with Crippen molar-refractivity contribution in [1.82, 2.24) is 0 Å². The molecule has 7 heteroatoms. The van der Waals surface area contributed by atoms with Crippen molar-refractivity contribution in [3.05, 3.63) is 0 Å². The molecular formula is C19H37NaO6. The maximum Gasteiger partial charge on any atom is 1.00 e. The molecule has 0 aromatic heterocycles. The van der Waals surface area contributed by atoms with Crippen LogP contribution in [0.4, 0.5) is 0 Å². The zero-order chi connectivity index (χ0) is 21.1. The third-order valence-electron chi connectivity index (χ3n) is 4.52. The van der Waals surface area contributed by atoms with Gasteiger partial charge in [-0.3, -0.25) is 9.59 Å². The molecule has 0 saturated carbocycles. The van der Waals surface area contributed by atoms with Gasteiger partial charge in [0, 0.05) is 11.4 Å². The van der Waals surface area contributed by atoms with Gasteiger partial charge in [-0.15, -0.1) is 0 Å².